The van der Waals surface area contributed by atoms with Gasteiger partial charge in [0.05, 0.1) is 6.07 Å². The fourth-order valence-corrected chi connectivity index (χ4v) is 1.82. The molecule has 0 aromatic heterocycles. The monoisotopic (exact) mass is 244 g/mol. The molecule has 1 aromatic carbocycles. The Hall–Kier alpha value is -1.33. The number of likely N-dealkylation sites (N-methyl/N-ethyl adjacent to an activating group) is 1. The molecule has 1 aromatic rings. The summed E-state index contributed by atoms with van der Waals surface area (Å²) in [5.74, 6) is 0. The van der Waals surface area contributed by atoms with Crippen LogP contribution in [0.2, 0.25) is 0 Å². The molecule has 0 aliphatic rings. The molecule has 0 unspecified atom stereocenters. The fourth-order valence-electron chi connectivity index (χ4n) is 1.82. The third kappa shape index (κ3) is 4.16. The van der Waals surface area contributed by atoms with Crippen LogP contribution in [0.4, 0.5) is 0 Å². The van der Waals surface area contributed by atoms with Crippen LogP contribution >= 0.6 is 0 Å². The van der Waals surface area contributed by atoms with Crippen molar-refractivity contribution in [3.63, 3.8) is 0 Å². The quantitative estimate of drug-likeness (QED) is 0.766. The van der Waals surface area contributed by atoms with E-state index < -0.39 is 0 Å². The lowest BCUT2D eigenvalue weighted by atomic mass is 10.0. The first kappa shape index (κ1) is 14.7. The first-order valence-electron chi connectivity index (χ1n) is 6.70. The zero-order chi connectivity index (χ0) is 13.6. The van der Waals surface area contributed by atoms with E-state index in [0.717, 1.165) is 19.4 Å². The normalized spacial score (nSPS) is 11.6. The molecule has 0 atom stereocenters. The maximum Gasteiger partial charge on any atom is 0.103 e. The Labute approximate surface area is 111 Å². The van der Waals surface area contributed by atoms with Crippen LogP contribution in [0.15, 0.2) is 24.3 Å². The summed E-state index contributed by atoms with van der Waals surface area (Å²) < 4.78 is 0. The summed E-state index contributed by atoms with van der Waals surface area (Å²) in [7, 11) is 2.01. The number of hydrogen-bond donors (Lipinski definition) is 0. The zero-order valence-electron chi connectivity index (χ0n) is 12.0. The summed E-state index contributed by atoms with van der Waals surface area (Å²) in [5, 5.41) is 9.07. The molecular formula is C16H24N2. The molecule has 0 heterocycles. The molecule has 2 heteroatoms. The molecule has 1 rings (SSSR count). The van der Waals surface area contributed by atoms with Crippen LogP contribution in [0.25, 0.3) is 0 Å². The molecule has 2 nitrogen and oxygen atoms in total. The topological polar surface area (TPSA) is 27.0 Å². The van der Waals surface area contributed by atoms with E-state index in [2.05, 4.69) is 42.2 Å². The average Bonchev–Trinajstić information content (AvgIpc) is 2.38. The maximum absolute atomic E-state index is 9.07. The van der Waals surface area contributed by atoms with Crippen molar-refractivity contribution in [2.45, 2.75) is 45.6 Å². The van der Waals surface area contributed by atoms with Gasteiger partial charge in [-0.15, -0.1) is 0 Å². The van der Waals surface area contributed by atoms with Crippen LogP contribution < -0.4 is 0 Å². The van der Waals surface area contributed by atoms with E-state index >= 15 is 0 Å². The highest BCUT2D eigenvalue weighted by atomic mass is 15.2. The maximum atomic E-state index is 9.07. The fraction of sp³-hybridized carbons (Fsp3) is 0.562. The van der Waals surface area contributed by atoms with Gasteiger partial charge in [-0.3, -0.25) is 4.90 Å². The van der Waals surface area contributed by atoms with Gasteiger partial charge in [-0.2, -0.15) is 5.26 Å². The van der Waals surface area contributed by atoms with Gasteiger partial charge < -0.3 is 0 Å². The number of nitrogens with zero attached hydrogens (tertiary/aromatic N) is 2. The van der Waals surface area contributed by atoms with Crippen molar-refractivity contribution in [2.75, 3.05) is 13.6 Å². The van der Waals surface area contributed by atoms with E-state index in [4.69, 9.17) is 5.26 Å². The minimum atomic E-state index is -0.387. The largest absolute Gasteiger partial charge is 0.289 e. The Morgan fingerprint density at radius 2 is 1.61 bits per heavy atom. The molecule has 0 aliphatic carbocycles. The van der Waals surface area contributed by atoms with E-state index in [1.165, 1.54) is 17.5 Å². The highest BCUT2D eigenvalue weighted by molar-refractivity contribution is 5.23. The van der Waals surface area contributed by atoms with Gasteiger partial charge in [0.2, 0.25) is 0 Å². The van der Waals surface area contributed by atoms with Crippen molar-refractivity contribution in [1.82, 2.24) is 4.90 Å². The molecule has 0 radical (unpaired) electrons. The lowest BCUT2D eigenvalue weighted by Gasteiger charge is -2.28. The van der Waals surface area contributed by atoms with Crippen molar-refractivity contribution >= 4 is 0 Å². The molecule has 0 N–H and O–H groups in total. The van der Waals surface area contributed by atoms with Gasteiger partial charge in [-0.1, -0.05) is 37.6 Å². The Kier molecular flexibility index (Phi) is 5.37. The molecule has 18 heavy (non-hydrogen) atoms. The molecule has 0 aliphatic heterocycles. The molecule has 0 saturated heterocycles. The molecule has 0 spiro atoms. The first-order valence-corrected chi connectivity index (χ1v) is 6.70. The van der Waals surface area contributed by atoms with E-state index in [1.54, 1.807) is 0 Å². The van der Waals surface area contributed by atoms with Gasteiger partial charge >= 0.3 is 0 Å². The molecule has 0 bridgehead atoms. The van der Waals surface area contributed by atoms with E-state index in [-0.39, 0.29) is 5.54 Å². The number of aryl methyl sites for hydroxylation is 1. The highest BCUT2D eigenvalue weighted by Gasteiger charge is 2.21. The summed E-state index contributed by atoms with van der Waals surface area (Å²) in [6, 6.07) is 11.2. The number of rotatable bonds is 6. The molecular weight excluding hydrogens is 220 g/mol. The second-order valence-corrected chi connectivity index (χ2v) is 5.41. The predicted octanol–water partition coefficient (Wildman–Crippen LogP) is 3.42. The van der Waals surface area contributed by atoms with Crippen LogP contribution in [0.3, 0.4) is 0 Å². The van der Waals surface area contributed by atoms with Crippen molar-refractivity contribution in [3.05, 3.63) is 35.4 Å². The van der Waals surface area contributed by atoms with Crippen LogP contribution in [0.1, 0.15) is 38.3 Å². The molecule has 0 saturated carbocycles. The summed E-state index contributed by atoms with van der Waals surface area (Å²) in [6.07, 6.45) is 3.34. The van der Waals surface area contributed by atoms with Gasteiger partial charge in [0.15, 0.2) is 0 Å². The van der Waals surface area contributed by atoms with Gasteiger partial charge in [-0.05, 0) is 44.9 Å². The lowest BCUT2D eigenvalue weighted by molar-refractivity contribution is 0.214. The van der Waals surface area contributed by atoms with Gasteiger partial charge in [0.1, 0.15) is 5.54 Å². The van der Waals surface area contributed by atoms with Crippen molar-refractivity contribution < 1.29 is 0 Å². The van der Waals surface area contributed by atoms with Crippen molar-refractivity contribution in [2.24, 2.45) is 0 Å². The summed E-state index contributed by atoms with van der Waals surface area (Å²) in [4.78, 5) is 2.10. The van der Waals surface area contributed by atoms with Gasteiger partial charge in [0.25, 0.3) is 0 Å². The van der Waals surface area contributed by atoms with Crippen LogP contribution in [0.5, 0.6) is 0 Å². The summed E-state index contributed by atoms with van der Waals surface area (Å²) in [5.41, 5.74) is 2.37. The average molecular weight is 244 g/mol. The van der Waals surface area contributed by atoms with Gasteiger partial charge in [-0.25, -0.2) is 0 Å². The molecule has 98 valence electrons. The SMILES string of the molecule is CCCc1ccc(CCN(C)C(C)(C)C#N)cc1. The van der Waals surface area contributed by atoms with E-state index in [1.807, 2.05) is 20.9 Å². The first-order chi connectivity index (χ1) is 8.49. The lowest BCUT2D eigenvalue weighted by Crippen LogP contribution is -2.40. The second-order valence-electron chi connectivity index (χ2n) is 5.41. The van der Waals surface area contributed by atoms with Crippen molar-refractivity contribution in [1.29, 1.82) is 5.26 Å². The highest BCUT2D eigenvalue weighted by Crippen LogP contribution is 2.12. The van der Waals surface area contributed by atoms with E-state index in [0.29, 0.717) is 0 Å². The van der Waals surface area contributed by atoms with Crippen molar-refractivity contribution in [3.8, 4) is 6.07 Å². The number of hydrogen-bond acceptors (Lipinski definition) is 2. The third-order valence-electron chi connectivity index (χ3n) is 3.53. The van der Waals surface area contributed by atoms with Crippen LogP contribution in [0, 0.1) is 11.3 Å². The third-order valence-corrected chi connectivity index (χ3v) is 3.53. The van der Waals surface area contributed by atoms with Crippen LogP contribution in [-0.2, 0) is 12.8 Å². The minimum absolute atomic E-state index is 0.387. The Morgan fingerprint density at radius 3 is 2.06 bits per heavy atom. The summed E-state index contributed by atoms with van der Waals surface area (Å²) >= 11 is 0. The Morgan fingerprint density at radius 1 is 1.11 bits per heavy atom. The summed E-state index contributed by atoms with van der Waals surface area (Å²) in [6.45, 7) is 7.02. The smallest absolute Gasteiger partial charge is 0.103 e. The Bertz CT molecular complexity index is 398. The molecule has 0 fully saturated rings. The minimum Gasteiger partial charge on any atom is -0.289 e. The Balaban J connectivity index is 2.52. The van der Waals surface area contributed by atoms with E-state index in [9.17, 15) is 0 Å². The predicted molar refractivity (Wildman–Crippen MR) is 76.5 cm³/mol. The van der Waals surface area contributed by atoms with Gasteiger partial charge in [0, 0.05) is 6.54 Å². The number of nitriles is 1. The molecule has 0 amide bonds. The standard InChI is InChI=1S/C16H24N2/c1-5-6-14-7-9-15(10-8-14)11-12-18(4)16(2,3)13-17/h7-10H,5-6,11-12H2,1-4H3. The zero-order valence-corrected chi connectivity index (χ0v) is 12.0. The van der Waals surface area contributed by atoms with Crippen LogP contribution in [-0.4, -0.2) is 24.0 Å². The second kappa shape index (κ2) is 6.56. The number of benzene rings is 1.